The lowest BCUT2D eigenvalue weighted by molar-refractivity contribution is -0.384. The molecule has 0 bridgehead atoms. The van der Waals surface area contributed by atoms with E-state index in [9.17, 15) is 14.9 Å². The molecule has 0 radical (unpaired) electrons. The highest BCUT2D eigenvalue weighted by Gasteiger charge is 2.14. The summed E-state index contributed by atoms with van der Waals surface area (Å²) in [4.78, 5) is 22.0. The smallest absolute Gasteiger partial charge is 0.271 e. The third-order valence-corrected chi connectivity index (χ3v) is 2.58. The molecule has 7 heteroatoms. The zero-order chi connectivity index (χ0) is 14.5. The number of carbonyl (C=O) groups excluding carboxylic acids is 1. The maximum absolute atomic E-state index is 11.9. The van der Waals surface area contributed by atoms with Gasteiger partial charge in [0.25, 0.3) is 11.6 Å². The van der Waals surface area contributed by atoms with Crippen LogP contribution in [0.3, 0.4) is 0 Å². The molecule has 0 saturated carbocycles. The second kappa shape index (κ2) is 5.79. The number of hydrogen-bond donors (Lipinski definition) is 1. The summed E-state index contributed by atoms with van der Waals surface area (Å²) in [6, 6.07) is 7.44. The minimum Gasteiger partial charge on any atom is -0.463 e. The number of nitrogens with zero attached hydrogens (tertiary/aromatic N) is 2. The number of nitrogens with one attached hydrogen (secondary N) is 1. The van der Waals surface area contributed by atoms with Crippen LogP contribution in [0.4, 0.5) is 5.69 Å². The molecule has 1 aromatic carbocycles. The molecule has 7 nitrogen and oxygen atoms in total. The van der Waals surface area contributed by atoms with Crippen molar-refractivity contribution in [3.8, 4) is 0 Å². The Balaban J connectivity index is 2.12. The molecular formula is C13H11N3O4. The van der Waals surface area contributed by atoms with E-state index in [1.807, 2.05) is 0 Å². The zero-order valence-corrected chi connectivity index (χ0v) is 10.6. The number of hydrazone groups is 1. The molecule has 1 aromatic heterocycles. The second-order valence-corrected chi connectivity index (χ2v) is 3.97. The van der Waals surface area contributed by atoms with Crippen molar-refractivity contribution in [2.24, 2.45) is 5.10 Å². The van der Waals surface area contributed by atoms with Gasteiger partial charge in [-0.1, -0.05) is 6.07 Å². The van der Waals surface area contributed by atoms with E-state index in [1.165, 1.54) is 30.7 Å². The fraction of sp³-hybridized carbons (Fsp3) is 0.0769. The summed E-state index contributed by atoms with van der Waals surface area (Å²) in [5.74, 6) is -0.0323. The number of nitro groups is 1. The summed E-state index contributed by atoms with van der Waals surface area (Å²) in [6.07, 6.45) is 2.82. The Labute approximate surface area is 114 Å². The monoisotopic (exact) mass is 273 g/mol. The van der Waals surface area contributed by atoms with Gasteiger partial charge in [-0.3, -0.25) is 14.9 Å². The van der Waals surface area contributed by atoms with Crippen molar-refractivity contribution in [1.82, 2.24) is 5.43 Å². The molecule has 0 aliphatic rings. The van der Waals surface area contributed by atoms with Crippen LogP contribution >= 0.6 is 0 Å². The lowest BCUT2D eigenvalue weighted by atomic mass is 10.1. The van der Waals surface area contributed by atoms with Crippen molar-refractivity contribution in [1.29, 1.82) is 0 Å². The Morgan fingerprint density at radius 1 is 1.45 bits per heavy atom. The highest BCUT2D eigenvalue weighted by molar-refractivity contribution is 5.96. The Hall–Kier alpha value is -2.96. The first kappa shape index (κ1) is 13.5. The van der Waals surface area contributed by atoms with Crippen molar-refractivity contribution >= 4 is 17.8 Å². The lowest BCUT2D eigenvalue weighted by Gasteiger charge is -2.03. The summed E-state index contributed by atoms with van der Waals surface area (Å²) in [7, 11) is 0. The number of aryl methyl sites for hydroxylation is 1. The molecule has 2 rings (SSSR count). The number of nitro benzene ring substituents is 1. The maximum atomic E-state index is 11.9. The largest absolute Gasteiger partial charge is 0.463 e. The van der Waals surface area contributed by atoms with Gasteiger partial charge in [0, 0.05) is 12.1 Å². The number of furan rings is 1. The molecule has 1 N–H and O–H groups in total. The van der Waals surface area contributed by atoms with Crippen molar-refractivity contribution in [2.45, 2.75) is 6.92 Å². The quantitative estimate of drug-likeness (QED) is 0.524. The van der Waals surface area contributed by atoms with E-state index in [0.717, 1.165) is 0 Å². The first-order valence-electron chi connectivity index (χ1n) is 5.70. The van der Waals surface area contributed by atoms with Gasteiger partial charge in [0.1, 0.15) is 5.76 Å². The predicted molar refractivity (Wildman–Crippen MR) is 71.6 cm³/mol. The number of rotatable bonds is 4. The van der Waals surface area contributed by atoms with Crippen LogP contribution in [0.5, 0.6) is 0 Å². The number of hydrogen-bond acceptors (Lipinski definition) is 5. The average molecular weight is 273 g/mol. The first-order valence-corrected chi connectivity index (χ1v) is 5.70. The van der Waals surface area contributed by atoms with E-state index in [2.05, 4.69) is 10.5 Å². The predicted octanol–water partition coefficient (Wildman–Crippen LogP) is 2.26. The fourth-order valence-electron chi connectivity index (χ4n) is 1.55. The highest BCUT2D eigenvalue weighted by Crippen LogP contribution is 2.17. The maximum Gasteiger partial charge on any atom is 0.271 e. The van der Waals surface area contributed by atoms with Crippen LogP contribution in [0.2, 0.25) is 0 Å². The Kier molecular flexibility index (Phi) is 3.90. The summed E-state index contributed by atoms with van der Waals surface area (Å²) in [5.41, 5.74) is 2.98. The van der Waals surface area contributed by atoms with E-state index in [-0.39, 0.29) is 11.3 Å². The van der Waals surface area contributed by atoms with Gasteiger partial charge in [-0.25, -0.2) is 5.43 Å². The number of benzene rings is 1. The van der Waals surface area contributed by atoms with Crippen LogP contribution in [0.25, 0.3) is 0 Å². The van der Waals surface area contributed by atoms with Crippen LogP contribution in [0, 0.1) is 17.0 Å². The average Bonchev–Trinajstić information content (AvgIpc) is 2.92. The molecule has 2 aromatic rings. The van der Waals surface area contributed by atoms with Crippen molar-refractivity contribution in [3.63, 3.8) is 0 Å². The van der Waals surface area contributed by atoms with Gasteiger partial charge >= 0.3 is 0 Å². The Morgan fingerprint density at radius 3 is 2.90 bits per heavy atom. The van der Waals surface area contributed by atoms with Gasteiger partial charge in [0.2, 0.25) is 0 Å². The lowest BCUT2D eigenvalue weighted by Crippen LogP contribution is -2.18. The van der Waals surface area contributed by atoms with Crippen molar-refractivity contribution in [2.75, 3.05) is 0 Å². The van der Waals surface area contributed by atoms with Gasteiger partial charge in [0.15, 0.2) is 0 Å². The van der Waals surface area contributed by atoms with Crippen LogP contribution in [-0.4, -0.2) is 17.0 Å². The summed E-state index contributed by atoms with van der Waals surface area (Å²) in [6.45, 7) is 1.69. The van der Waals surface area contributed by atoms with Gasteiger partial charge in [0.05, 0.1) is 23.0 Å². The molecule has 0 spiro atoms. The summed E-state index contributed by atoms with van der Waals surface area (Å²) >= 11 is 0. The summed E-state index contributed by atoms with van der Waals surface area (Å²) in [5, 5.41) is 14.4. The minimum atomic E-state index is -0.553. The Morgan fingerprint density at radius 2 is 2.25 bits per heavy atom. The third-order valence-electron chi connectivity index (χ3n) is 2.58. The van der Waals surface area contributed by atoms with E-state index < -0.39 is 10.8 Å². The number of non-ortho nitro benzene ring substituents is 1. The van der Waals surface area contributed by atoms with Crippen LogP contribution in [0.1, 0.15) is 21.7 Å². The molecule has 20 heavy (non-hydrogen) atoms. The SMILES string of the molecule is Cc1ccc([N+](=O)[O-])cc1C(=O)NN=Cc1ccco1. The van der Waals surface area contributed by atoms with Crippen LogP contribution in [0.15, 0.2) is 46.1 Å². The molecule has 0 atom stereocenters. The number of carbonyl (C=O) groups is 1. The topological polar surface area (TPSA) is 97.7 Å². The molecule has 0 aliphatic carbocycles. The van der Waals surface area contributed by atoms with Crippen molar-refractivity contribution in [3.05, 3.63) is 63.6 Å². The van der Waals surface area contributed by atoms with E-state index in [0.29, 0.717) is 11.3 Å². The molecule has 1 heterocycles. The first-order chi connectivity index (χ1) is 9.58. The van der Waals surface area contributed by atoms with Crippen molar-refractivity contribution < 1.29 is 14.1 Å². The van der Waals surface area contributed by atoms with E-state index in [1.54, 1.807) is 19.1 Å². The normalized spacial score (nSPS) is 10.7. The second-order valence-electron chi connectivity index (χ2n) is 3.97. The third kappa shape index (κ3) is 3.08. The Bertz CT molecular complexity index is 662. The molecular weight excluding hydrogens is 262 g/mol. The molecule has 0 saturated heterocycles. The van der Waals surface area contributed by atoms with Gasteiger partial charge in [-0.2, -0.15) is 5.10 Å². The fourth-order valence-corrected chi connectivity index (χ4v) is 1.55. The number of amides is 1. The van der Waals surface area contributed by atoms with Gasteiger partial charge in [-0.15, -0.1) is 0 Å². The van der Waals surface area contributed by atoms with Gasteiger partial charge in [-0.05, 0) is 24.6 Å². The molecule has 102 valence electrons. The van der Waals surface area contributed by atoms with Crippen LogP contribution < -0.4 is 5.43 Å². The summed E-state index contributed by atoms with van der Waals surface area (Å²) < 4.78 is 5.01. The van der Waals surface area contributed by atoms with Gasteiger partial charge < -0.3 is 4.42 Å². The van der Waals surface area contributed by atoms with E-state index in [4.69, 9.17) is 4.42 Å². The molecule has 0 aliphatic heterocycles. The molecule has 0 unspecified atom stereocenters. The van der Waals surface area contributed by atoms with E-state index >= 15 is 0 Å². The zero-order valence-electron chi connectivity index (χ0n) is 10.6. The van der Waals surface area contributed by atoms with Crippen LogP contribution in [-0.2, 0) is 0 Å². The molecule has 0 fully saturated rings. The standard InChI is InChI=1S/C13H11N3O4/c1-9-4-5-10(16(18)19)7-12(9)13(17)15-14-8-11-3-2-6-20-11/h2-8H,1H3,(H,15,17). The highest BCUT2D eigenvalue weighted by atomic mass is 16.6. The molecule has 1 amide bonds. The minimum absolute atomic E-state index is 0.143.